The second-order valence-electron chi connectivity index (χ2n) is 6.71. The fourth-order valence-electron chi connectivity index (χ4n) is 3.24. The number of esters is 1. The molecular formula is C18H24ClN5O4S. The number of aryl methyl sites for hydroxylation is 2. The fourth-order valence-corrected chi connectivity index (χ4v) is 4.48. The first-order chi connectivity index (χ1) is 13.9. The van der Waals surface area contributed by atoms with E-state index in [1.54, 1.807) is 14.0 Å². The fraction of sp³-hybridized carbons (Fsp3) is 0.556. The zero-order valence-corrected chi connectivity index (χ0v) is 18.3. The summed E-state index contributed by atoms with van der Waals surface area (Å²) >= 11 is 7.25. The van der Waals surface area contributed by atoms with Crippen LogP contribution in [0.2, 0.25) is 5.15 Å². The molecule has 3 rings (SSSR count). The summed E-state index contributed by atoms with van der Waals surface area (Å²) in [5.74, 6) is -0.514. The second kappa shape index (κ2) is 9.10. The van der Waals surface area contributed by atoms with Gasteiger partial charge in [-0.25, -0.2) is 14.8 Å². The third-order valence-corrected chi connectivity index (χ3v) is 6.39. The van der Waals surface area contributed by atoms with Gasteiger partial charge in [-0.15, -0.1) is 0 Å². The van der Waals surface area contributed by atoms with Crippen molar-refractivity contribution >= 4 is 39.9 Å². The van der Waals surface area contributed by atoms with Gasteiger partial charge in [0.25, 0.3) is 5.91 Å². The van der Waals surface area contributed by atoms with Gasteiger partial charge in [-0.1, -0.05) is 29.9 Å². The zero-order valence-electron chi connectivity index (χ0n) is 16.7. The molecule has 1 amide bonds. The lowest BCUT2D eigenvalue weighted by atomic mass is 10.0. The van der Waals surface area contributed by atoms with Crippen molar-refractivity contribution in [3.8, 4) is 0 Å². The quantitative estimate of drug-likeness (QED) is 0.661. The van der Waals surface area contributed by atoms with E-state index in [2.05, 4.69) is 25.2 Å². The molecule has 3 heterocycles. The molecule has 0 bridgehead atoms. The molecule has 0 aromatic carbocycles. The molecule has 1 aliphatic rings. The van der Waals surface area contributed by atoms with Crippen molar-refractivity contribution < 1.29 is 19.1 Å². The van der Waals surface area contributed by atoms with Gasteiger partial charge >= 0.3 is 5.97 Å². The molecule has 2 aromatic heterocycles. The van der Waals surface area contributed by atoms with Gasteiger partial charge in [0.05, 0.1) is 30.6 Å². The van der Waals surface area contributed by atoms with Gasteiger partial charge in [0.15, 0.2) is 16.1 Å². The standard InChI is InChI=1S/C18H24ClN5O4S/c1-5-10-13(17(26)28-4)29-18(22-10)24-7-6-11(12(8-24)27-3)21-16(25)15-20-9(2)14(19)23-15/h11-12H,5-8H2,1-4H3,(H,20,23)(H,21,25)/t11-,12+/m0/s1. The first-order valence-corrected chi connectivity index (χ1v) is 10.5. The second-order valence-corrected chi connectivity index (χ2v) is 8.04. The SMILES string of the molecule is CCc1nc(N2CC[C@H](NC(=O)c3nc(Cl)c(C)[nH]3)[C@H](OC)C2)sc1C(=O)OC. The monoisotopic (exact) mass is 441 g/mol. The number of piperidine rings is 1. The summed E-state index contributed by atoms with van der Waals surface area (Å²) in [6, 6.07) is -0.182. The van der Waals surface area contributed by atoms with Crippen LogP contribution in [0.3, 0.4) is 0 Å². The molecule has 2 aromatic rings. The van der Waals surface area contributed by atoms with Crippen molar-refractivity contribution in [3.05, 3.63) is 27.2 Å². The molecule has 2 atom stereocenters. The molecule has 9 nitrogen and oxygen atoms in total. The number of halogens is 1. The molecule has 0 spiro atoms. The molecule has 0 aliphatic carbocycles. The summed E-state index contributed by atoms with van der Waals surface area (Å²) in [4.78, 5) is 38.6. The summed E-state index contributed by atoms with van der Waals surface area (Å²) in [6.07, 6.45) is 1.06. The molecule has 2 N–H and O–H groups in total. The van der Waals surface area contributed by atoms with Crippen molar-refractivity contribution in [1.82, 2.24) is 20.3 Å². The van der Waals surface area contributed by atoms with Gasteiger partial charge in [0, 0.05) is 20.2 Å². The molecule has 0 saturated carbocycles. The molecule has 1 saturated heterocycles. The summed E-state index contributed by atoms with van der Waals surface area (Å²) in [6.45, 7) is 4.91. The van der Waals surface area contributed by atoms with E-state index in [0.29, 0.717) is 36.5 Å². The number of methoxy groups -OCH3 is 2. The van der Waals surface area contributed by atoms with Crippen LogP contribution < -0.4 is 10.2 Å². The third-order valence-electron chi connectivity index (χ3n) is 4.88. The molecule has 0 radical (unpaired) electrons. The smallest absolute Gasteiger partial charge is 0.350 e. The Hall–Kier alpha value is -2.17. The summed E-state index contributed by atoms with van der Waals surface area (Å²) < 4.78 is 10.5. The minimum Gasteiger partial charge on any atom is -0.465 e. The van der Waals surface area contributed by atoms with Crippen LogP contribution in [0.15, 0.2) is 0 Å². The van der Waals surface area contributed by atoms with E-state index in [0.717, 1.165) is 10.8 Å². The van der Waals surface area contributed by atoms with Gasteiger partial charge in [-0.2, -0.15) is 0 Å². The van der Waals surface area contributed by atoms with E-state index in [4.69, 9.17) is 21.1 Å². The van der Waals surface area contributed by atoms with Crippen LogP contribution in [0.4, 0.5) is 5.13 Å². The lowest BCUT2D eigenvalue weighted by Crippen LogP contribution is -2.55. The number of carbonyl (C=O) groups is 2. The highest BCUT2D eigenvalue weighted by atomic mass is 35.5. The Morgan fingerprint density at radius 3 is 2.72 bits per heavy atom. The van der Waals surface area contributed by atoms with Crippen molar-refractivity contribution in [2.75, 3.05) is 32.2 Å². The van der Waals surface area contributed by atoms with E-state index >= 15 is 0 Å². The highest BCUT2D eigenvalue weighted by Crippen LogP contribution is 2.30. The summed E-state index contributed by atoms with van der Waals surface area (Å²) in [7, 11) is 2.98. The first-order valence-electron chi connectivity index (χ1n) is 9.26. The van der Waals surface area contributed by atoms with Crippen LogP contribution in [-0.2, 0) is 15.9 Å². The number of anilines is 1. The zero-order chi connectivity index (χ0) is 21.1. The van der Waals surface area contributed by atoms with Gasteiger partial charge in [-0.3, -0.25) is 4.79 Å². The number of H-pyrrole nitrogens is 1. The van der Waals surface area contributed by atoms with E-state index in [-0.39, 0.29) is 35.0 Å². The summed E-state index contributed by atoms with van der Waals surface area (Å²) in [5.41, 5.74) is 1.37. The number of hydrogen-bond acceptors (Lipinski definition) is 8. The number of nitrogens with zero attached hydrogens (tertiary/aromatic N) is 3. The van der Waals surface area contributed by atoms with Gasteiger partial charge in [0.1, 0.15) is 4.88 Å². The largest absolute Gasteiger partial charge is 0.465 e. The minimum atomic E-state index is -0.372. The van der Waals surface area contributed by atoms with Crippen LogP contribution in [0.1, 0.15) is 45.0 Å². The maximum absolute atomic E-state index is 12.5. The Morgan fingerprint density at radius 1 is 1.38 bits per heavy atom. The number of ether oxygens (including phenoxy) is 2. The highest BCUT2D eigenvalue weighted by molar-refractivity contribution is 7.17. The Balaban J connectivity index is 1.70. The maximum Gasteiger partial charge on any atom is 0.350 e. The number of carbonyl (C=O) groups excluding carboxylic acids is 2. The molecule has 1 aliphatic heterocycles. The highest BCUT2D eigenvalue weighted by Gasteiger charge is 2.33. The number of rotatable bonds is 6. The van der Waals surface area contributed by atoms with Crippen molar-refractivity contribution in [2.24, 2.45) is 0 Å². The van der Waals surface area contributed by atoms with Crippen molar-refractivity contribution in [2.45, 2.75) is 38.8 Å². The van der Waals surface area contributed by atoms with Crippen LogP contribution >= 0.6 is 22.9 Å². The number of hydrogen-bond donors (Lipinski definition) is 2. The average molecular weight is 442 g/mol. The van der Waals surface area contributed by atoms with E-state index in [1.165, 1.54) is 18.4 Å². The number of thiazole rings is 1. The normalized spacial score (nSPS) is 19.3. The molecule has 29 heavy (non-hydrogen) atoms. The summed E-state index contributed by atoms with van der Waals surface area (Å²) in [5, 5.41) is 4.00. The van der Waals surface area contributed by atoms with Crippen LogP contribution in [-0.4, -0.2) is 66.3 Å². The molecular weight excluding hydrogens is 418 g/mol. The maximum atomic E-state index is 12.5. The average Bonchev–Trinajstić information content (AvgIpc) is 3.31. The number of nitrogens with one attached hydrogen (secondary N) is 2. The van der Waals surface area contributed by atoms with Crippen molar-refractivity contribution in [3.63, 3.8) is 0 Å². The number of amides is 1. The van der Waals surface area contributed by atoms with E-state index < -0.39 is 0 Å². The number of aromatic nitrogens is 3. The minimum absolute atomic E-state index is 0.181. The van der Waals surface area contributed by atoms with Gasteiger partial charge in [0.2, 0.25) is 0 Å². The Labute approximate surface area is 177 Å². The van der Waals surface area contributed by atoms with Crippen molar-refractivity contribution in [1.29, 1.82) is 0 Å². The predicted molar refractivity (Wildman–Crippen MR) is 110 cm³/mol. The lowest BCUT2D eigenvalue weighted by molar-refractivity contribution is 0.0538. The van der Waals surface area contributed by atoms with E-state index in [9.17, 15) is 9.59 Å². The van der Waals surface area contributed by atoms with Gasteiger partial charge < -0.3 is 24.7 Å². The topological polar surface area (TPSA) is 109 Å². The Kier molecular flexibility index (Phi) is 6.76. The predicted octanol–water partition coefficient (Wildman–Crippen LogP) is 2.20. The first kappa shape index (κ1) is 21.5. The number of aromatic amines is 1. The Morgan fingerprint density at radius 2 is 2.14 bits per heavy atom. The number of imidazole rings is 1. The molecule has 0 unspecified atom stereocenters. The third kappa shape index (κ3) is 4.54. The lowest BCUT2D eigenvalue weighted by Gasteiger charge is -2.37. The van der Waals surface area contributed by atoms with Crippen LogP contribution in [0.5, 0.6) is 0 Å². The van der Waals surface area contributed by atoms with E-state index in [1.807, 2.05) is 6.92 Å². The molecule has 158 valence electrons. The molecule has 11 heteroatoms. The van der Waals surface area contributed by atoms with Crippen LogP contribution in [0, 0.1) is 6.92 Å². The van der Waals surface area contributed by atoms with Gasteiger partial charge in [-0.05, 0) is 19.8 Å². The Bertz CT molecular complexity index is 879. The van der Waals surface area contributed by atoms with Crippen LogP contribution in [0.25, 0.3) is 0 Å². The molecule has 1 fully saturated rings.